The molecule has 0 fully saturated rings. The summed E-state index contributed by atoms with van der Waals surface area (Å²) >= 11 is 3.08. The zero-order valence-corrected chi connectivity index (χ0v) is 9.96. The van der Waals surface area contributed by atoms with Crippen LogP contribution in [-0.4, -0.2) is 36.6 Å². The fraction of sp³-hybridized carbons (Fsp3) is 0.750. The summed E-state index contributed by atoms with van der Waals surface area (Å²) in [5.74, 6) is -0.357. The van der Waals surface area contributed by atoms with Gasteiger partial charge in [0, 0.05) is 0 Å². The van der Waals surface area contributed by atoms with Gasteiger partial charge in [-0.3, -0.25) is 4.79 Å². The first-order valence-corrected chi connectivity index (χ1v) is 5.05. The summed E-state index contributed by atoms with van der Waals surface area (Å²) in [5, 5.41) is 2.42. The topological polar surface area (TPSA) is 64.6 Å². The van der Waals surface area contributed by atoms with E-state index in [-0.39, 0.29) is 23.4 Å². The number of carbonyl (C=O) groups is 2. The highest BCUT2D eigenvalue weighted by atomic mass is 79.9. The van der Waals surface area contributed by atoms with Crippen LogP contribution < -0.4 is 5.32 Å². The molecule has 0 radical (unpaired) electrons. The monoisotopic (exact) mass is 267 g/mol. The van der Waals surface area contributed by atoms with E-state index in [9.17, 15) is 9.59 Å². The lowest BCUT2D eigenvalue weighted by Crippen LogP contribution is -2.34. The van der Waals surface area contributed by atoms with Crippen molar-refractivity contribution in [2.75, 3.05) is 13.7 Å². The molecule has 0 aliphatic heterocycles. The summed E-state index contributed by atoms with van der Waals surface area (Å²) < 4.78 is 9.30. The molecule has 0 aromatic rings. The number of hydrogen-bond donors (Lipinski definition) is 1. The zero-order chi connectivity index (χ0) is 11.1. The molecule has 0 rings (SSSR count). The minimum atomic E-state index is -0.542. The molecule has 1 N–H and O–H groups in total. The molecule has 0 bridgehead atoms. The fourth-order valence-electron chi connectivity index (χ4n) is 0.633. The Bertz CT molecular complexity index is 208. The molecule has 0 heterocycles. The summed E-state index contributed by atoms with van der Waals surface area (Å²) in [6.45, 7) is 3.59. The van der Waals surface area contributed by atoms with Gasteiger partial charge in [0.05, 0.1) is 13.7 Å². The van der Waals surface area contributed by atoms with Gasteiger partial charge in [-0.25, -0.2) is 4.79 Å². The van der Waals surface area contributed by atoms with E-state index in [1.54, 1.807) is 13.8 Å². The molecule has 5 nitrogen and oxygen atoms in total. The predicted octanol–water partition coefficient (Wildman–Crippen LogP) is 1.06. The van der Waals surface area contributed by atoms with Gasteiger partial charge in [-0.1, -0.05) is 15.9 Å². The first-order valence-electron chi connectivity index (χ1n) is 4.13. The van der Waals surface area contributed by atoms with Crippen LogP contribution in [0.3, 0.4) is 0 Å². The molecule has 82 valence electrons. The molecule has 14 heavy (non-hydrogen) atoms. The largest absolute Gasteiger partial charge is 0.460 e. The second-order valence-electron chi connectivity index (χ2n) is 2.74. The van der Waals surface area contributed by atoms with E-state index in [0.717, 1.165) is 0 Å². The molecule has 2 atom stereocenters. The Hall–Kier alpha value is -0.780. The quantitative estimate of drug-likeness (QED) is 0.611. The van der Waals surface area contributed by atoms with E-state index in [4.69, 9.17) is 4.74 Å². The summed E-state index contributed by atoms with van der Waals surface area (Å²) in [4.78, 5) is 21.4. The van der Waals surface area contributed by atoms with Crippen molar-refractivity contribution in [3.8, 4) is 0 Å². The predicted molar refractivity (Wildman–Crippen MR) is 54.4 cm³/mol. The lowest BCUT2D eigenvalue weighted by atomic mass is 10.4. The first kappa shape index (κ1) is 13.2. The summed E-state index contributed by atoms with van der Waals surface area (Å²) in [5.41, 5.74) is 0. The molecule has 0 aromatic carbocycles. The lowest BCUT2D eigenvalue weighted by Gasteiger charge is -2.14. The van der Waals surface area contributed by atoms with E-state index in [0.29, 0.717) is 0 Å². The van der Waals surface area contributed by atoms with Crippen LogP contribution in [0.15, 0.2) is 0 Å². The minimum Gasteiger partial charge on any atom is -0.460 e. The Morgan fingerprint density at radius 1 is 1.43 bits per heavy atom. The number of nitrogens with one attached hydrogen (secondary N) is 1. The third-order valence-electron chi connectivity index (χ3n) is 1.36. The standard InChI is InChI=1S/C8H14BrNO4/c1-5(4-10-8(12)13-3)14-7(11)6(2)9/h5-6H,4H2,1-3H3,(H,10,12). The molecule has 0 saturated heterocycles. The van der Waals surface area contributed by atoms with Gasteiger partial charge in [0.25, 0.3) is 0 Å². The number of rotatable bonds is 4. The van der Waals surface area contributed by atoms with Crippen molar-refractivity contribution in [2.24, 2.45) is 0 Å². The number of hydrogen-bond acceptors (Lipinski definition) is 4. The number of esters is 1. The van der Waals surface area contributed by atoms with E-state index in [1.807, 2.05) is 0 Å². The van der Waals surface area contributed by atoms with Crippen molar-refractivity contribution in [1.82, 2.24) is 5.32 Å². The third kappa shape index (κ3) is 5.80. The number of halogens is 1. The normalized spacial score (nSPS) is 14.0. The highest BCUT2D eigenvalue weighted by Crippen LogP contribution is 2.02. The average molecular weight is 268 g/mol. The van der Waals surface area contributed by atoms with E-state index < -0.39 is 6.09 Å². The number of carbonyl (C=O) groups excluding carboxylic acids is 2. The molecule has 0 aliphatic rings. The molecule has 0 saturated carbocycles. The molecule has 2 unspecified atom stereocenters. The molecule has 1 amide bonds. The van der Waals surface area contributed by atoms with Gasteiger partial charge in [0.2, 0.25) is 0 Å². The van der Waals surface area contributed by atoms with Gasteiger partial charge in [-0.15, -0.1) is 0 Å². The maximum Gasteiger partial charge on any atom is 0.406 e. The second-order valence-corrected chi connectivity index (χ2v) is 4.11. The Labute approximate surface area is 91.3 Å². The van der Waals surface area contributed by atoms with E-state index >= 15 is 0 Å². The zero-order valence-electron chi connectivity index (χ0n) is 8.37. The Kier molecular flexibility index (Phi) is 6.27. The van der Waals surface area contributed by atoms with Gasteiger partial charge >= 0.3 is 12.1 Å². The van der Waals surface area contributed by atoms with Crippen LogP contribution in [0.25, 0.3) is 0 Å². The van der Waals surface area contributed by atoms with Crippen LogP contribution in [0.5, 0.6) is 0 Å². The van der Waals surface area contributed by atoms with Crippen LogP contribution >= 0.6 is 15.9 Å². The number of methoxy groups -OCH3 is 1. The van der Waals surface area contributed by atoms with Crippen molar-refractivity contribution >= 4 is 28.0 Å². The Morgan fingerprint density at radius 3 is 2.43 bits per heavy atom. The van der Waals surface area contributed by atoms with Crippen LogP contribution in [0.2, 0.25) is 0 Å². The van der Waals surface area contributed by atoms with Gasteiger partial charge in [0.15, 0.2) is 0 Å². The third-order valence-corrected chi connectivity index (χ3v) is 1.74. The molecule has 0 aliphatic carbocycles. The molecule has 6 heteroatoms. The van der Waals surface area contributed by atoms with Gasteiger partial charge in [-0.05, 0) is 13.8 Å². The van der Waals surface area contributed by atoms with Crippen molar-refractivity contribution in [2.45, 2.75) is 24.8 Å². The van der Waals surface area contributed by atoms with Crippen LogP contribution in [0.4, 0.5) is 4.79 Å². The highest BCUT2D eigenvalue weighted by Gasteiger charge is 2.14. The van der Waals surface area contributed by atoms with E-state index in [2.05, 4.69) is 26.0 Å². The number of ether oxygens (including phenoxy) is 2. The van der Waals surface area contributed by atoms with Crippen molar-refractivity contribution in [1.29, 1.82) is 0 Å². The Balaban J connectivity index is 3.70. The summed E-state index contributed by atoms with van der Waals surface area (Å²) in [7, 11) is 1.27. The average Bonchev–Trinajstić information content (AvgIpc) is 2.13. The van der Waals surface area contributed by atoms with Gasteiger partial charge in [0.1, 0.15) is 10.9 Å². The van der Waals surface area contributed by atoms with Gasteiger partial charge < -0.3 is 14.8 Å². The molecular formula is C8H14BrNO4. The lowest BCUT2D eigenvalue weighted by molar-refractivity contribution is -0.146. The van der Waals surface area contributed by atoms with Crippen LogP contribution in [-0.2, 0) is 14.3 Å². The fourth-order valence-corrected chi connectivity index (χ4v) is 0.741. The summed E-state index contributed by atoms with van der Waals surface area (Å²) in [6, 6.07) is 0. The number of alkyl halides is 1. The van der Waals surface area contributed by atoms with E-state index in [1.165, 1.54) is 7.11 Å². The SMILES string of the molecule is COC(=O)NCC(C)OC(=O)C(C)Br. The van der Waals surface area contributed by atoms with Crippen molar-refractivity contribution in [3.63, 3.8) is 0 Å². The van der Waals surface area contributed by atoms with Crippen molar-refractivity contribution < 1.29 is 19.1 Å². The highest BCUT2D eigenvalue weighted by molar-refractivity contribution is 9.10. The minimum absolute atomic E-state index is 0.234. The molecule has 0 aromatic heterocycles. The van der Waals surface area contributed by atoms with Crippen LogP contribution in [0, 0.1) is 0 Å². The molecule has 0 spiro atoms. The Morgan fingerprint density at radius 2 is 2.00 bits per heavy atom. The smallest absolute Gasteiger partial charge is 0.406 e. The van der Waals surface area contributed by atoms with Crippen molar-refractivity contribution in [3.05, 3.63) is 0 Å². The van der Waals surface area contributed by atoms with Crippen LogP contribution in [0.1, 0.15) is 13.8 Å². The summed E-state index contributed by atoms with van der Waals surface area (Å²) in [6.07, 6.45) is -0.915. The maximum atomic E-state index is 11.1. The van der Waals surface area contributed by atoms with Gasteiger partial charge in [-0.2, -0.15) is 0 Å². The molecular weight excluding hydrogens is 254 g/mol. The first-order chi connectivity index (χ1) is 6.47. The second kappa shape index (κ2) is 6.64. The number of alkyl carbamates (subject to hydrolysis) is 1. The maximum absolute atomic E-state index is 11.1. The number of amides is 1.